The zero-order valence-corrected chi connectivity index (χ0v) is 15.9. The molecule has 1 aromatic heterocycles. The van der Waals surface area contributed by atoms with E-state index in [1.54, 1.807) is 37.4 Å². The highest BCUT2D eigenvalue weighted by atomic mass is 19.1. The van der Waals surface area contributed by atoms with Crippen LogP contribution < -0.4 is 9.47 Å². The second-order valence-corrected chi connectivity index (χ2v) is 7.45. The average molecular weight is 386 g/mol. The monoisotopic (exact) mass is 386 g/mol. The summed E-state index contributed by atoms with van der Waals surface area (Å²) in [5, 5.41) is 11.2. The molecular formula is C21H23FN2O4. The summed E-state index contributed by atoms with van der Waals surface area (Å²) in [5.74, 6) is 0.292. The fourth-order valence-electron chi connectivity index (χ4n) is 4.63. The molecule has 2 aromatic rings. The molecule has 1 aromatic carbocycles. The number of pyridine rings is 1. The molecule has 0 spiro atoms. The predicted molar refractivity (Wildman–Crippen MR) is 99.9 cm³/mol. The number of hydrogen-bond donors (Lipinski definition) is 1. The van der Waals surface area contributed by atoms with Crippen molar-refractivity contribution in [3.63, 3.8) is 0 Å². The Morgan fingerprint density at radius 1 is 1.18 bits per heavy atom. The van der Waals surface area contributed by atoms with Crippen molar-refractivity contribution < 1.29 is 23.8 Å². The van der Waals surface area contributed by atoms with Gasteiger partial charge in [0.05, 0.1) is 19.8 Å². The summed E-state index contributed by atoms with van der Waals surface area (Å²) in [6, 6.07) is 7.99. The van der Waals surface area contributed by atoms with Crippen LogP contribution in [0.15, 0.2) is 36.5 Å². The lowest BCUT2D eigenvalue weighted by molar-refractivity contribution is -0.0504. The number of benzene rings is 1. The molecular weight excluding hydrogens is 363 g/mol. The van der Waals surface area contributed by atoms with E-state index in [9.17, 15) is 14.3 Å². The van der Waals surface area contributed by atoms with E-state index >= 15 is 0 Å². The molecule has 1 amide bonds. The van der Waals surface area contributed by atoms with Crippen LogP contribution in [0.5, 0.6) is 11.5 Å². The number of amides is 1. The highest BCUT2D eigenvalue weighted by molar-refractivity contribution is 5.95. The molecule has 0 aliphatic carbocycles. The van der Waals surface area contributed by atoms with Gasteiger partial charge in [-0.05, 0) is 37.1 Å². The first-order valence-corrected chi connectivity index (χ1v) is 9.35. The molecule has 6 nitrogen and oxygen atoms in total. The largest absolute Gasteiger partial charge is 0.493 e. The number of piperidine rings is 1. The van der Waals surface area contributed by atoms with Gasteiger partial charge in [0.1, 0.15) is 0 Å². The first-order valence-electron chi connectivity index (χ1n) is 9.35. The zero-order valence-electron chi connectivity index (χ0n) is 15.9. The first-order chi connectivity index (χ1) is 13.5. The van der Waals surface area contributed by atoms with Crippen LogP contribution in [0.3, 0.4) is 0 Å². The lowest BCUT2D eigenvalue weighted by atomic mass is 9.80. The molecule has 28 heavy (non-hydrogen) atoms. The van der Waals surface area contributed by atoms with Gasteiger partial charge in [-0.3, -0.25) is 4.79 Å². The van der Waals surface area contributed by atoms with Gasteiger partial charge >= 0.3 is 0 Å². The van der Waals surface area contributed by atoms with Crippen LogP contribution in [0, 0.1) is 5.95 Å². The summed E-state index contributed by atoms with van der Waals surface area (Å²) < 4.78 is 24.7. The van der Waals surface area contributed by atoms with E-state index in [1.165, 1.54) is 13.3 Å². The number of methoxy groups -OCH3 is 2. The molecule has 2 bridgehead atoms. The fraction of sp³-hybridized carbons (Fsp3) is 0.429. The summed E-state index contributed by atoms with van der Waals surface area (Å²) in [7, 11) is 3.07. The summed E-state index contributed by atoms with van der Waals surface area (Å²) in [6.45, 7) is 0. The fourth-order valence-corrected chi connectivity index (χ4v) is 4.63. The van der Waals surface area contributed by atoms with E-state index in [0.717, 1.165) is 12.8 Å². The molecule has 2 aliphatic heterocycles. The molecule has 0 saturated carbocycles. The number of fused-ring (bicyclic) bond motifs is 2. The van der Waals surface area contributed by atoms with E-state index in [-0.39, 0.29) is 23.6 Å². The average Bonchev–Trinajstić information content (AvgIpc) is 2.98. The molecule has 2 saturated heterocycles. The van der Waals surface area contributed by atoms with Crippen molar-refractivity contribution in [2.45, 2.75) is 43.4 Å². The number of hydrogen-bond acceptors (Lipinski definition) is 5. The SMILES string of the molecule is COc1ccc(C(=O)N2C3CCC2CC(O)(c2cccnc2F)C3)cc1OC. The number of carbonyl (C=O) groups is 1. The van der Waals surface area contributed by atoms with E-state index in [1.807, 2.05) is 4.90 Å². The summed E-state index contributed by atoms with van der Waals surface area (Å²) in [4.78, 5) is 18.7. The zero-order chi connectivity index (χ0) is 19.9. The van der Waals surface area contributed by atoms with E-state index in [0.29, 0.717) is 29.9 Å². The minimum Gasteiger partial charge on any atom is -0.493 e. The third-order valence-corrected chi connectivity index (χ3v) is 5.89. The maximum atomic E-state index is 14.2. The van der Waals surface area contributed by atoms with Crippen LogP contribution in [0.1, 0.15) is 41.6 Å². The van der Waals surface area contributed by atoms with Crippen molar-refractivity contribution in [3.05, 3.63) is 53.6 Å². The molecule has 2 aliphatic rings. The van der Waals surface area contributed by atoms with Crippen LogP contribution >= 0.6 is 0 Å². The van der Waals surface area contributed by atoms with E-state index in [2.05, 4.69) is 4.98 Å². The Balaban J connectivity index is 1.61. The van der Waals surface area contributed by atoms with Crippen LogP contribution in [0.25, 0.3) is 0 Å². The first kappa shape index (κ1) is 18.7. The van der Waals surface area contributed by atoms with Crippen molar-refractivity contribution in [3.8, 4) is 11.5 Å². The minimum absolute atomic E-state index is 0.109. The number of aliphatic hydroxyl groups is 1. The summed E-state index contributed by atoms with van der Waals surface area (Å²) in [5.41, 5.74) is -0.587. The standard InChI is InChI=1S/C21H23FN2O4/c1-27-17-8-5-13(10-18(17)28-2)20(25)24-14-6-7-15(24)12-21(26,11-14)16-4-3-9-23-19(16)22/h3-5,8-10,14-15,26H,6-7,11-12H2,1-2H3. The highest BCUT2D eigenvalue weighted by Crippen LogP contribution is 2.46. The minimum atomic E-state index is -1.31. The maximum Gasteiger partial charge on any atom is 0.254 e. The molecule has 2 atom stereocenters. The van der Waals surface area contributed by atoms with Gasteiger partial charge < -0.3 is 19.5 Å². The quantitative estimate of drug-likeness (QED) is 0.818. The number of nitrogens with zero attached hydrogens (tertiary/aromatic N) is 2. The molecule has 148 valence electrons. The molecule has 3 heterocycles. The second kappa shape index (κ2) is 7.05. The van der Waals surface area contributed by atoms with Gasteiger partial charge in [-0.15, -0.1) is 0 Å². The number of ether oxygens (including phenoxy) is 2. The van der Waals surface area contributed by atoms with Gasteiger partial charge in [-0.1, -0.05) is 6.07 Å². The van der Waals surface area contributed by atoms with Gasteiger partial charge in [-0.2, -0.15) is 4.39 Å². The smallest absolute Gasteiger partial charge is 0.254 e. The molecule has 7 heteroatoms. The van der Waals surface area contributed by atoms with Gasteiger partial charge in [-0.25, -0.2) is 4.98 Å². The van der Waals surface area contributed by atoms with Crippen LogP contribution in [-0.2, 0) is 5.60 Å². The Bertz CT molecular complexity index is 890. The van der Waals surface area contributed by atoms with Gasteiger partial charge in [0.2, 0.25) is 5.95 Å². The normalized spacial score (nSPS) is 26.2. The number of rotatable bonds is 4. The molecule has 1 N–H and O–H groups in total. The molecule has 0 radical (unpaired) electrons. The molecule has 2 unspecified atom stereocenters. The van der Waals surface area contributed by atoms with Gasteiger partial charge in [0.25, 0.3) is 5.91 Å². The molecule has 2 fully saturated rings. The Hall–Kier alpha value is -2.67. The Labute approximate surface area is 162 Å². The van der Waals surface area contributed by atoms with Crippen molar-refractivity contribution in [2.75, 3.05) is 14.2 Å². The van der Waals surface area contributed by atoms with Crippen molar-refractivity contribution in [1.82, 2.24) is 9.88 Å². The number of aromatic nitrogens is 1. The van der Waals surface area contributed by atoms with Crippen LogP contribution in [0.2, 0.25) is 0 Å². The van der Waals surface area contributed by atoms with Gasteiger partial charge in [0, 0.05) is 42.2 Å². The lowest BCUT2D eigenvalue weighted by Gasteiger charge is -2.44. The summed E-state index contributed by atoms with van der Waals surface area (Å²) >= 11 is 0. The predicted octanol–water partition coefficient (Wildman–Crippen LogP) is 2.89. The van der Waals surface area contributed by atoms with Crippen molar-refractivity contribution >= 4 is 5.91 Å². The Kier molecular flexibility index (Phi) is 4.71. The van der Waals surface area contributed by atoms with Crippen LogP contribution in [-0.4, -0.2) is 47.2 Å². The van der Waals surface area contributed by atoms with E-state index < -0.39 is 11.5 Å². The Morgan fingerprint density at radius 3 is 2.46 bits per heavy atom. The number of halogens is 1. The van der Waals surface area contributed by atoms with E-state index in [4.69, 9.17) is 9.47 Å². The highest BCUT2D eigenvalue weighted by Gasteiger charge is 2.51. The van der Waals surface area contributed by atoms with Gasteiger partial charge in [0.15, 0.2) is 11.5 Å². The second-order valence-electron chi connectivity index (χ2n) is 7.45. The topological polar surface area (TPSA) is 71.9 Å². The third kappa shape index (κ3) is 2.99. The number of carbonyl (C=O) groups excluding carboxylic acids is 1. The van der Waals surface area contributed by atoms with Crippen molar-refractivity contribution in [2.24, 2.45) is 0 Å². The lowest BCUT2D eigenvalue weighted by Crippen LogP contribution is -2.52. The van der Waals surface area contributed by atoms with Crippen molar-refractivity contribution in [1.29, 1.82) is 0 Å². The van der Waals surface area contributed by atoms with Crippen LogP contribution in [0.4, 0.5) is 4.39 Å². The summed E-state index contributed by atoms with van der Waals surface area (Å²) in [6.07, 6.45) is 3.53. The third-order valence-electron chi connectivity index (χ3n) is 5.89. The Morgan fingerprint density at radius 2 is 1.86 bits per heavy atom. The maximum absolute atomic E-state index is 14.2. The molecule has 4 rings (SSSR count).